The molecule has 4 N–H and O–H groups in total. The van der Waals surface area contributed by atoms with Crippen molar-refractivity contribution in [1.82, 2.24) is 9.44 Å². The zero-order chi connectivity index (χ0) is 15.2. The Balaban J connectivity index is 2.82. The van der Waals surface area contributed by atoms with E-state index in [-0.39, 0.29) is 24.7 Å². The van der Waals surface area contributed by atoms with E-state index in [2.05, 4.69) is 21.3 Å². The molecule has 110 valence electrons. The maximum absolute atomic E-state index is 13.6. The Kier molecular flexibility index (Phi) is 6.10. The highest BCUT2D eigenvalue weighted by Crippen LogP contribution is 2.10. The van der Waals surface area contributed by atoms with Gasteiger partial charge in [-0.15, -0.1) is 0 Å². The van der Waals surface area contributed by atoms with Crippen LogP contribution in [0.25, 0.3) is 0 Å². The fourth-order valence-electron chi connectivity index (χ4n) is 1.47. The highest BCUT2D eigenvalue weighted by Gasteiger charge is 2.12. The number of halogens is 1. The van der Waals surface area contributed by atoms with Crippen LogP contribution in [-0.4, -0.2) is 21.0 Å². The first-order valence-electron chi connectivity index (χ1n) is 6.08. The second kappa shape index (κ2) is 7.36. The van der Waals surface area contributed by atoms with Gasteiger partial charge in [0.15, 0.2) is 0 Å². The second-order valence-corrected chi connectivity index (χ2v) is 5.94. The van der Waals surface area contributed by atoms with E-state index < -0.39 is 16.0 Å². The minimum atomic E-state index is -3.65. The molecular weight excluding hydrogens is 281 g/mol. The van der Waals surface area contributed by atoms with E-state index in [0.717, 1.165) is 0 Å². The third-order valence-corrected chi connectivity index (χ3v) is 3.53. The van der Waals surface area contributed by atoms with E-state index in [0.29, 0.717) is 5.56 Å². The average Bonchev–Trinajstić information content (AvgIpc) is 2.34. The molecule has 20 heavy (non-hydrogen) atoms. The molecule has 0 saturated carbocycles. The lowest BCUT2D eigenvalue weighted by Gasteiger charge is -2.11. The molecule has 0 saturated heterocycles. The maximum Gasteiger partial charge on any atom is 0.277 e. The molecule has 0 unspecified atom stereocenters. The average molecular weight is 299 g/mol. The molecule has 0 aliphatic rings. The molecule has 0 aliphatic carbocycles. The first-order chi connectivity index (χ1) is 9.34. The monoisotopic (exact) mass is 299 g/mol. The highest BCUT2D eigenvalue weighted by molar-refractivity contribution is 7.87. The summed E-state index contributed by atoms with van der Waals surface area (Å²) >= 11 is 0. The Morgan fingerprint density at radius 1 is 1.40 bits per heavy atom. The van der Waals surface area contributed by atoms with Gasteiger partial charge in [-0.3, -0.25) is 0 Å². The molecule has 0 spiro atoms. The van der Waals surface area contributed by atoms with Crippen molar-refractivity contribution in [1.29, 1.82) is 0 Å². The molecule has 0 aliphatic heterocycles. The summed E-state index contributed by atoms with van der Waals surface area (Å²) in [6, 6.07) is 4.03. The normalized spacial score (nSPS) is 11.2. The molecule has 0 atom stereocenters. The van der Waals surface area contributed by atoms with Crippen molar-refractivity contribution in [2.45, 2.75) is 26.4 Å². The van der Waals surface area contributed by atoms with E-state index in [1.807, 2.05) is 0 Å². The standard InChI is InChI=1S/C13H18FN3O2S/c1-10(2)17-20(18,19)16-9-12-8-11(4-3-7-15)5-6-13(12)14/h5-6,8,10,16-17H,7,9,15H2,1-2H3. The van der Waals surface area contributed by atoms with E-state index in [1.165, 1.54) is 18.2 Å². The molecule has 7 heteroatoms. The van der Waals surface area contributed by atoms with E-state index in [1.54, 1.807) is 13.8 Å². The summed E-state index contributed by atoms with van der Waals surface area (Å²) in [5.41, 5.74) is 6.07. The van der Waals surface area contributed by atoms with Crippen molar-refractivity contribution in [2.24, 2.45) is 5.73 Å². The molecule has 1 rings (SSSR count). The van der Waals surface area contributed by atoms with Gasteiger partial charge in [0.25, 0.3) is 10.2 Å². The second-order valence-electron chi connectivity index (χ2n) is 4.41. The van der Waals surface area contributed by atoms with Gasteiger partial charge in [0.05, 0.1) is 6.54 Å². The van der Waals surface area contributed by atoms with Gasteiger partial charge >= 0.3 is 0 Å². The Morgan fingerprint density at radius 3 is 2.70 bits per heavy atom. The summed E-state index contributed by atoms with van der Waals surface area (Å²) in [6.07, 6.45) is 0. The van der Waals surface area contributed by atoms with Gasteiger partial charge in [-0.25, -0.2) is 4.39 Å². The zero-order valence-corrected chi connectivity index (χ0v) is 12.2. The minimum Gasteiger partial charge on any atom is -0.320 e. The van der Waals surface area contributed by atoms with Crippen LogP contribution >= 0.6 is 0 Å². The fourth-order valence-corrected chi connectivity index (χ4v) is 2.52. The first-order valence-corrected chi connectivity index (χ1v) is 7.56. The summed E-state index contributed by atoms with van der Waals surface area (Å²) in [7, 11) is -3.65. The Hall–Kier alpha value is -1.46. The van der Waals surface area contributed by atoms with Crippen molar-refractivity contribution in [3.05, 3.63) is 35.1 Å². The molecule has 5 nitrogen and oxygen atoms in total. The van der Waals surface area contributed by atoms with Crippen LogP contribution in [-0.2, 0) is 16.8 Å². The van der Waals surface area contributed by atoms with Crippen molar-refractivity contribution in [2.75, 3.05) is 6.54 Å². The maximum atomic E-state index is 13.6. The Labute approximate surface area is 118 Å². The summed E-state index contributed by atoms with van der Waals surface area (Å²) < 4.78 is 41.4. The summed E-state index contributed by atoms with van der Waals surface area (Å²) in [4.78, 5) is 0. The largest absolute Gasteiger partial charge is 0.320 e. The molecule has 1 aromatic rings. The summed E-state index contributed by atoms with van der Waals surface area (Å²) in [5.74, 6) is 4.93. The van der Waals surface area contributed by atoms with Gasteiger partial charge in [0.1, 0.15) is 5.82 Å². The zero-order valence-electron chi connectivity index (χ0n) is 11.4. The number of rotatable bonds is 5. The number of nitrogens with two attached hydrogens (primary N) is 1. The molecular formula is C13H18FN3O2S. The minimum absolute atomic E-state index is 0.147. The lowest BCUT2D eigenvalue weighted by atomic mass is 10.1. The smallest absolute Gasteiger partial charge is 0.277 e. The first kappa shape index (κ1) is 16.6. The molecule has 0 fully saturated rings. The number of nitrogens with one attached hydrogen (secondary N) is 2. The van der Waals surface area contributed by atoms with Gasteiger partial charge in [-0.2, -0.15) is 17.9 Å². The molecule has 0 aromatic heterocycles. The van der Waals surface area contributed by atoms with Crippen LogP contribution in [0.5, 0.6) is 0 Å². The van der Waals surface area contributed by atoms with Crippen LogP contribution in [0.4, 0.5) is 4.39 Å². The highest BCUT2D eigenvalue weighted by atomic mass is 32.2. The molecule has 0 bridgehead atoms. The van der Waals surface area contributed by atoms with Crippen LogP contribution < -0.4 is 15.2 Å². The third kappa shape index (κ3) is 5.67. The van der Waals surface area contributed by atoms with Crippen molar-refractivity contribution in [3.63, 3.8) is 0 Å². The summed E-state index contributed by atoms with van der Waals surface area (Å²) in [5, 5.41) is 0. The van der Waals surface area contributed by atoms with E-state index >= 15 is 0 Å². The van der Waals surface area contributed by atoms with Crippen LogP contribution in [0.2, 0.25) is 0 Å². The SMILES string of the molecule is CC(C)NS(=O)(=O)NCc1cc(C#CCN)ccc1F. The quantitative estimate of drug-likeness (QED) is 0.691. The summed E-state index contributed by atoms with van der Waals surface area (Å²) in [6.45, 7) is 3.45. The number of hydrogen-bond acceptors (Lipinski definition) is 3. The molecule has 0 amide bonds. The topological polar surface area (TPSA) is 84.2 Å². The Morgan fingerprint density at radius 2 is 2.10 bits per heavy atom. The van der Waals surface area contributed by atoms with Gasteiger partial charge in [0.2, 0.25) is 0 Å². The van der Waals surface area contributed by atoms with Crippen molar-refractivity contribution in [3.8, 4) is 11.8 Å². The van der Waals surface area contributed by atoms with Gasteiger partial charge in [-0.05, 0) is 32.0 Å². The van der Waals surface area contributed by atoms with Crippen LogP contribution in [0.1, 0.15) is 25.0 Å². The number of hydrogen-bond donors (Lipinski definition) is 3. The lowest BCUT2D eigenvalue weighted by Crippen LogP contribution is -2.40. The van der Waals surface area contributed by atoms with Crippen LogP contribution in [0.15, 0.2) is 18.2 Å². The van der Waals surface area contributed by atoms with Crippen LogP contribution in [0.3, 0.4) is 0 Å². The third-order valence-electron chi connectivity index (χ3n) is 2.22. The molecule has 1 aromatic carbocycles. The van der Waals surface area contributed by atoms with Gasteiger partial charge in [-0.1, -0.05) is 11.8 Å². The fraction of sp³-hybridized carbons (Fsp3) is 0.385. The van der Waals surface area contributed by atoms with E-state index in [4.69, 9.17) is 5.73 Å². The van der Waals surface area contributed by atoms with Gasteiger partial charge < -0.3 is 5.73 Å². The van der Waals surface area contributed by atoms with Crippen LogP contribution in [0, 0.1) is 17.7 Å². The predicted octanol–water partition coefficient (Wildman–Crippen LogP) is 0.468. The van der Waals surface area contributed by atoms with Crippen molar-refractivity contribution >= 4 is 10.2 Å². The van der Waals surface area contributed by atoms with Gasteiger partial charge in [0, 0.05) is 23.7 Å². The predicted molar refractivity (Wildman–Crippen MR) is 76.4 cm³/mol. The molecule has 0 heterocycles. The van der Waals surface area contributed by atoms with E-state index in [9.17, 15) is 12.8 Å². The Bertz CT molecular complexity index is 618. The van der Waals surface area contributed by atoms with Crippen molar-refractivity contribution < 1.29 is 12.8 Å². The lowest BCUT2D eigenvalue weighted by molar-refractivity contribution is 0.551. The number of benzene rings is 1. The molecule has 0 radical (unpaired) electrons.